The minimum atomic E-state index is -0.152. The predicted molar refractivity (Wildman–Crippen MR) is 91.7 cm³/mol. The molecule has 0 N–H and O–H groups in total. The zero-order valence-electron chi connectivity index (χ0n) is 11.9. The first-order valence-electron chi connectivity index (χ1n) is 7.39. The zero-order valence-corrected chi connectivity index (χ0v) is 13.6. The van der Waals surface area contributed by atoms with Gasteiger partial charge in [-0.05, 0) is 36.1 Å². The van der Waals surface area contributed by atoms with Crippen molar-refractivity contribution in [3.05, 3.63) is 44.3 Å². The van der Waals surface area contributed by atoms with Crippen molar-refractivity contribution in [3.8, 4) is 0 Å². The molecule has 1 heterocycles. The monoisotopic (exact) mass is 321 g/mol. The van der Waals surface area contributed by atoms with E-state index in [4.69, 9.17) is 0 Å². The van der Waals surface area contributed by atoms with Crippen LogP contribution in [0, 0.1) is 5.41 Å². The minimum Gasteiger partial charge on any atom is -0.269 e. The van der Waals surface area contributed by atoms with Gasteiger partial charge in [-0.2, -0.15) is 12.6 Å². The average molecular weight is 321 g/mol. The average Bonchev–Trinajstić information content (AvgIpc) is 2.52. The van der Waals surface area contributed by atoms with Gasteiger partial charge in [0, 0.05) is 11.2 Å². The maximum atomic E-state index is 12.6. The Balaban J connectivity index is 2.08. The summed E-state index contributed by atoms with van der Waals surface area (Å²) in [5.41, 5.74) is -0.152. The number of fused-ring (bicyclic) bond motifs is 1. The van der Waals surface area contributed by atoms with E-state index >= 15 is 0 Å². The Morgan fingerprint density at radius 3 is 2.57 bits per heavy atom. The summed E-state index contributed by atoms with van der Waals surface area (Å²) < 4.78 is 2.21. The Hall–Kier alpha value is -1.07. The molecule has 0 atom stereocenters. The predicted octanol–water partition coefficient (Wildman–Crippen LogP) is 3.30. The molecule has 1 fully saturated rings. The molecule has 0 spiro atoms. The Kier molecular flexibility index (Phi) is 4.22. The molecule has 3 nitrogen and oxygen atoms in total. The van der Waals surface area contributed by atoms with Crippen LogP contribution < -0.4 is 10.4 Å². The number of thiol groups is 1. The lowest BCUT2D eigenvalue weighted by Gasteiger charge is -2.36. The summed E-state index contributed by atoms with van der Waals surface area (Å²) in [5, 5.41) is 0.646. The van der Waals surface area contributed by atoms with Crippen molar-refractivity contribution in [1.82, 2.24) is 4.57 Å². The summed E-state index contributed by atoms with van der Waals surface area (Å²) in [6, 6.07) is 7.35. The van der Waals surface area contributed by atoms with Crippen LogP contribution in [0.3, 0.4) is 0 Å². The molecule has 1 aromatic carbocycles. The Bertz CT molecular complexity index is 757. The molecule has 0 unspecified atom stereocenters. The highest BCUT2D eigenvalue weighted by molar-refractivity contribution is 7.80. The second-order valence-electron chi connectivity index (χ2n) is 5.97. The van der Waals surface area contributed by atoms with E-state index in [0.29, 0.717) is 11.9 Å². The fourth-order valence-corrected chi connectivity index (χ4v) is 4.52. The largest absolute Gasteiger partial charge is 0.310 e. The number of benzene rings is 1. The molecule has 0 aliphatic heterocycles. The summed E-state index contributed by atoms with van der Waals surface area (Å²) >= 11 is 5.67. The van der Waals surface area contributed by atoms with Gasteiger partial charge in [0.1, 0.15) is 0 Å². The highest BCUT2D eigenvalue weighted by atomic mass is 32.1. The first-order chi connectivity index (χ1) is 10.2. The van der Waals surface area contributed by atoms with Crippen LogP contribution in [-0.4, -0.2) is 10.3 Å². The molecule has 1 aliphatic rings. The van der Waals surface area contributed by atoms with Crippen molar-refractivity contribution in [2.45, 2.75) is 38.6 Å². The van der Waals surface area contributed by atoms with Gasteiger partial charge in [0.15, 0.2) is 0 Å². The van der Waals surface area contributed by atoms with Crippen molar-refractivity contribution in [1.29, 1.82) is 0 Å². The van der Waals surface area contributed by atoms with Gasteiger partial charge in [-0.1, -0.05) is 42.7 Å². The van der Waals surface area contributed by atoms with Crippen LogP contribution in [0.2, 0.25) is 0 Å². The van der Waals surface area contributed by atoms with E-state index in [1.54, 1.807) is 6.07 Å². The van der Waals surface area contributed by atoms with E-state index in [1.807, 2.05) is 18.2 Å². The summed E-state index contributed by atoms with van der Waals surface area (Å²) in [4.78, 5) is 24.8. The molecule has 21 heavy (non-hydrogen) atoms. The normalized spacial score (nSPS) is 18.0. The molecule has 0 bridgehead atoms. The summed E-state index contributed by atoms with van der Waals surface area (Å²) in [7, 11) is 0. The first kappa shape index (κ1) is 14.9. The second kappa shape index (κ2) is 5.97. The van der Waals surface area contributed by atoms with E-state index in [-0.39, 0.29) is 15.8 Å². The van der Waals surface area contributed by atoms with Crippen molar-refractivity contribution in [2.75, 3.05) is 5.75 Å². The van der Waals surface area contributed by atoms with Gasteiger partial charge in [0.05, 0.1) is 5.39 Å². The second-order valence-corrected chi connectivity index (χ2v) is 7.28. The molecule has 0 amide bonds. The molecule has 3 rings (SSSR count). The maximum absolute atomic E-state index is 12.6. The van der Waals surface area contributed by atoms with Crippen LogP contribution in [0.5, 0.6) is 0 Å². The summed E-state index contributed by atoms with van der Waals surface area (Å²) in [6.45, 7) is 0.509. The summed E-state index contributed by atoms with van der Waals surface area (Å²) in [6.07, 6.45) is 5.69. The molecular formula is C16H19NO2S2. The molecule has 1 aromatic heterocycles. The molecule has 2 aromatic rings. The van der Waals surface area contributed by atoms with Gasteiger partial charge in [-0.3, -0.25) is 14.2 Å². The molecular weight excluding hydrogens is 302 g/mol. The van der Waals surface area contributed by atoms with Crippen LogP contribution in [0.15, 0.2) is 33.9 Å². The first-order valence-corrected chi connectivity index (χ1v) is 8.84. The van der Waals surface area contributed by atoms with Crippen LogP contribution in [-0.2, 0) is 6.54 Å². The van der Waals surface area contributed by atoms with Gasteiger partial charge < -0.3 is 0 Å². The standard InChI is InChI=1S/C16H19NO2S2/c18-14-12-6-2-3-7-13(12)21-15(19)17(14)10-16(11-20)8-4-1-5-9-16/h2-3,6-7,20H,1,4-5,8-11H2. The minimum absolute atomic E-state index is 0.000471. The summed E-state index contributed by atoms with van der Waals surface area (Å²) in [5.74, 6) is 0.733. The van der Waals surface area contributed by atoms with Crippen molar-refractivity contribution in [2.24, 2.45) is 5.41 Å². The van der Waals surface area contributed by atoms with Crippen LogP contribution in [0.4, 0.5) is 0 Å². The van der Waals surface area contributed by atoms with Crippen molar-refractivity contribution in [3.63, 3.8) is 0 Å². The van der Waals surface area contributed by atoms with Gasteiger partial charge in [-0.15, -0.1) is 0 Å². The SMILES string of the molecule is O=c1sc2ccccc2c(=O)n1CC1(CS)CCCCC1. The third kappa shape index (κ3) is 2.81. The van der Waals surface area contributed by atoms with E-state index in [0.717, 1.165) is 34.6 Å². The molecule has 1 saturated carbocycles. The van der Waals surface area contributed by atoms with Crippen molar-refractivity contribution >= 4 is 34.1 Å². The van der Waals surface area contributed by atoms with Crippen LogP contribution >= 0.6 is 24.0 Å². The number of aromatic nitrogens is 1. The van der Waals surface area contributed by atoms with Gasteiger partial charge in [-0.25, -0.2) is 0 Å². The van der Waals surface area contributed by atoms with E-state index in [1.165, 1.54) is 23.8 Å². The van der Waals surface area contributed by atoms with Crippen molar-refractivity contribution < 1.29 is 0 Å². The third-order valence-electron chi connectivity index (χ3n) is 4.52. The molecule has 1 aliphatic carbocycles. The maximum Gasteiger partial charge on any atom is 0.310 e. The quantitative estimate of drug-likeness (QED) is 0.881. The van der Waals surface area contributed by atoms with E-state index < -0.39 is 0 Å². The fraction of sp³-hybridized carbons (Fsp3) is 0.500. The lowest BCUT2D eigenvalue weighted by molar-refractivity contribution is 0.187. The Morgan fingerprint density at radius 1 is 1.14 bits per heavy atom. The molecule has 0 saturated heterocycles. The lowest BCUT2D eigenvalue weighted by Crippen LogP contribution is -2.40. The van der Waals surface area contributed by atoms with Crippen LogP contribution in [0.25, 0.3) is 10.1 Å². The van der Waals surface area contributed by atoms with E-state index in [2.05, 4.69) is 12.6 Å². The van der Waals surface area contributed by atoms with Gasteiger partial charge >= 0.3 is 4.87 Å². The number of rotatable bonds is 3. The van der Waals surface area contributed by atoms with Crippen LogP contribution in [0.1, 0.15) is 32.1 Å². The highest BCUT2D eigenvalue weighted by Gasteiger charge is 2.32. The Morgan fingerprint density at radius 2 is 1.86 bits per heavy atom. The Labute approximate surface area is 133 Å². The number of nitrogens with zero attached hydrogens (tertiary/aromatic N) is 1. The van der Waals surface area contributed by atoms with E-state index in [9.17, 15) is 9.59 Å². The van der Waals surface area contributed by atoms with Gasteiger partial charge in [0.25, 0.3) is 5.56 Å². The zero-order chi connectivity index (χ0) is 14.9. The fourth-order valence-electron chi connectivity index (χ4n) is 3.25. The lowest BCUT2D eigenvalue weighted by atomic mass is 9.75. The third-order valence-corrected chi connectivity index (χ3v) is 6.17. The highest BCUT2D eigenvalue weighted by Crippen LogP contribution is 2.38. The van der Waals surface area contributed by atoms with Gasteiger partial charge in [0.2, 0.25) is 0 Å². The molecule has 112 valence electrons. The smallest absolute Gasteiger partial charge is 0.269 e. The molecule has 5 heteroatoms. The topological polar surface area (TPSA) is 39.1 Å². The number of hydrogen-bond acceptors (Lipinski definition) is 4. The number of hydrogen-bond donors (Lipinski definition) is 1. The molecule has 0 radical (unpaired) electrons.